The van der Waals surface area contributed by atoms with E-state index in [2.05, 4.69) is 9.97 Å². The van der Waals surface area contributed by atoms with Crippen molar-refractivity contribution < 1.29 is 9.53 Å². The maximum absolute atomic E-state index is 12.6. The molecule has 0 spiro atoms. The molecular weight excluding hydrogens is 278 g/mol. The quantitative estimate of drug-likeness (QED) is 0.873. The minimum atomic E-state index is -0.00889. The molecule has 2 heterocycles. The molecule has 1 atom stereocenters. The second-order valence-corrected chi connectivity index (χ2v) is 5.63. The summed E-state index contributed by atoms with van der Waals surface area (Å²) in [6.07, 6.45) is 3.92. The molecule has 1 fully saturated rings. The Balaban J connectivity index is 1.64. The maximum Gasteiger partial charge on any atom is 0.253 e. The smallest absolute Gasteiger partial charge is 0.253 e. The van der Waals surface area contributed by atoms with Crippen molar-refractivity contribution in [3.8, 4) is 5.88 Å². The van der Waals surface area contributed by atoms with Gasteiger partial charge in [-0.25, -0.2) is 9.97 Å². The zero-order valence-corrected chi connectivity index (χ0v) is 12.8. The highest BCUT2D eigenvalue weighted by molar-refractivity contribution is 5.94. The number of aromatic nitrogens is 2. The SMILES string of the molecule is Cc1ccc(C(=O)N2CC[C@H](Oc3ccncn3)C2)cc1C. The molecule has 0 aliphatic carbocycles. The molecule has 114 valence electrons. The Morgan fingerprint density at radius 1 is 1.27 bits per heavy atom. The number of likely N-dealkylation sites (tertiary alicyclic amines) is 1. The van der Waals surface area contributed by atoms with Crippen molar-refractivity contribution in [2.45, 2.75) is 26.4 Å². The van der Waals surface area contributed by atoms with E-state index in [1.54, 1.807) is 12.3 Å². The van der Waals surface area contributed by atoms with E-state index in [0.29, 0.717) is 19.0 Å². The second kappa shape index (κ2) is 6.13. The standard InChI is InChI=1S/C17H19N3O2/c1-12-3-4-14(9-13(12)2)17(21)20-8-6-15(10-20)22-16-5-7-18-11-19-16/h3-5,7,9,11,15H,6,8,10H2,1-2H3/t15-/m0/s1. The zero-order chi connectivity index (χ0) is 15.5. The predicted molar refractivity (Wildman–Crippen MR) is 82.9 cm³/mol. The molecule has 2 aromatic rings. The number of amides is 1. The summed E-state index contributed by atoms with van der Waals surface area (Å²) in [6.45, 7) is 5.37. The summed E-state index contributed by atoms with van der Waals surface area (Å²) in [5, 5.41) is 0. The van der Waals surface area contributed by atoms with Crippen LogP contribution in [0.15, 0.2) is 36.8 Å². The summed E-state index contributed by atoms with van der Waals surface area (Å²) in [5.41, 5.74) is 3.08. The van der Waals surface area contributed by atoms with Crippen molar-refractivity contribution in [1.29, 1.82) is 0 Å². The van der Waals surface area contributed by atoms with Gasteiger partial charge in [0, 0.05) is 30.8 Å². The van der Waals surface area contributed by atoms with Gasteiger partial charge in [-0.1, -0.05) is 6.07 Å². The van der Waals surface area contributed by atoms with Crippen LogP contribution in [-0.2, 0) is 0 Å². The summed E-state index contributed by atoms with van der Waals surface area (Å²) in [4.78, 5) is 22.3. The lowest BCUT2D eigenvalue weighted by Gasteiger charge is -2.17. The van der Waals surface area contributed by atoms with Crippen LogP contribution in [0.2, 0.25) is 0 Å². The molecule has 1 aliphatic heterocycles. The number of hydrogen-bond acceptors (Lipinski definition) is 4. The predicted octanol–water partition coefficient (Wildman–Crippen LogP) is 2.39. The average molecular weight is 297 g/mol. The minimum Gasteiger partial charge on any atom is -0.472 e. The summed E-state index contributed by atoms with van der Waals surface area (Å²) in [7, 11) is 0. The lowest BCUT2D eigenvalue weighted by Crippen LogP contribution is -2.31. The fourth-order valence-corrected chi connectivity index (χ4v) is 2.58. The van der Waals surface area contributed by atoms with Crippen molar-refractivity contribution >= 4 is 5.91 Å². The molecule has 5 heteroatoms. The lowest BCUT2D eigenvalue weighted by atomic mass is 10.1. The summed E-state index contributed by atoms with van der Waals surface area (Å²) in [5.74, 6) is 0.623. The van der Waals surface area contributed by atoms with Crippen LogP contribution in [0, 0.1) is 13.8 Å². The van der Waals surface area contributed by atoms with Gasteiger partial charge in [0.1, 0.15) is 12.4 Å². The first-order valence-corrected chi connectivity index (χ1v) is 7.42. The average Bonchev–Trinajstić information content (AvgIpc) is 2.99. The lowest BCUT2D eigenvalue weighted by molar-refractivity contribution is 0.0771. The van der Waals surface area contributed by atoms with E-state index in [1.807, 2.05) is 36.9 Å². The Morgan fingerprint density at radius 3 is 2.86 bits per heavy atom. The largest absolute Gasteiger partial charge is 0.472 e. The number of benzene rings is 1. The summed E-state index contributed by atoms with van der Waals surface area (Å²) < 4.78 is 5.79. The molecule has 1 aliphatic rings. The van der Waals surface area contributed by atoms with Crippen LogP contribution in [-0.4, -0.2) is 40.0 Å². The van der Waals surface area contributed by atoms with E-state index in [9.17, 15) is 4.79 Å². The first kappa shape index (κ1) is 14.5. The number of ether oxygens (including phenoxy) is 1. The normalized spacial score (nSPS) is 17.5. The second-order valence-electron chi connectivity index (χ2n) is 5.63. The minimum absolute atomic E-state index is 0.00889. The highest BCUT2D eigenvalue weighted by Crippen LogP contribution is 2.19. The Morgan fingerprint density at radius 2 is 2.14 bits per heavy atom. The van der Waals surface area contributed by atoms with Gasteiger partial charge < -0.3 is 9.64 Å². The van der Waals surface area contributed by atoms with E-state index in [4.69, 9.17) is 4.74 Å². The van der Waals surface area contributed by atoms with Gasteiger partial charge in [0.15, 0.2) is 0 Å². The first-order valence-electron chi connectivity index (χ1n) is 7.42. The number of hydrogen-bond donors (Lipinski definition) is 0. The maximum atomic E-state index is 12.6. The Kier molecular flexibility index (Phi) is 4.04. The molecule has 1 aromatic heterocycles. The van der Waals surface area contributed by atoms with Gasteiger partial charge in [0.25, 0.3) is 5.91 Å². The number of aryl methyl sites for hydroxylation is 2. The van der Waals surface area contributed by atoms with Gasteiger partial charge >= 0.3 is 0 Å². The van der Waals surface area contributed by atoms with Crippen LogP contribution in [0.5, 0.6) is 5.88 Å². The van der Waals surface area contributed by atoms with Crippen LogP contribution in [0.1, 0.15) is 27.9 Å². The fourth-order valence-electron chi connectivity index (χ4n) is 2.58. The summed E-state index contributed by atoms with van der Waals surface area (Å²) in [6, 6.07) is 7.57. The third kappa shape index (κ3) is 3.08. The van der Waals surface area contributed by atoms with Crippen molar-refractivity contribution in [1.82, 2.24) is 14.9 Å². The van der Waals surface area contributed by atoms with Gasteiger partial charge in [-0.15, -0.1) is 0 Å². The number of carbonyl (C=O) groups excluding carboxylic acids is 1. The van der Waals surface area contributed by atoms with Gasteiger partial charge in [-0.05, 0) is 37.1 Å². The topological polar surface area (TPSA) is 55.3 Å². The van der Waals surface area contributed by atoms with Crippen LogP contribution in [0.25, 0.3) is 0 Å². The molecule has 1 saturated heterocycles. The van der Waals surface area contributed by atoms with Gasteiger partial charge in [0.05, 0.1) is 6.54 Å². The molecule has 0 unspecified atom stereocenters. The van der Waals surface area contributed by atoms with E-state index in [0.717, 1.165) is 17.5 Å². The molecule has 0 N–H and O–H groups in total. The van der Waals surface area contributed by atoms with Gasteiger partial charge in [0.2, 0.25) is 5.88 Å². The molecule has 1 amide bonds. The first-order chi connectivity index (χ1) is 10.6. The molecule has 0 radical (unpaired) electrons. The third-order valence-electron chi connectivity index (χ3n) is 4.03. The van der Waals surface area contributed by atoms with Crippen molar-refractivity contribution in [2.75, 3.05) is 13.1 Å². The highest BCUT2D eigenvalue weighted by atomic mass is 16.5. The van der Waals surface area contributed by atoms with E-state index in [1.165, 1.54) is 11.9 Å². The third-order valence-corrected chi connectivity index (χ3v) is 4.03. The van der Waals surface area contributed by atoms with Crippen molar-refractivity contribution in [3.05, 3.63) is 53.5 Å². The van der Waals surface area contributed by atoms with Crippen molar-refractivity contribution in [3.63, 3.8) is 0 Å². The monoisotopic (exact) mass is 297 g/mol. The molecule has 0 saturated carbocycles. The van der Waals surface area contributed by atoms with E-state index >= 15 is 0 Å². The van der Waals surface area contributed by atoms with Crippen molar-refractivity contribution in [2.24, 2.45) is 0 Å². The molecule has 5 nitrogen and oxygen atoms in total. The molecular formula is C17H19N3O2. The zero-order valence-electron chi connectivity index (χ0n) is 12.8. The Hall–Kier alpha value is -2.43. The fraction of sp³-hybridized carbons (Fsp3) is 0.353. The van der Waals surface area contributed by atoms with Crippen LogP contribution >= 0.6 is 0 Å². The van der Waals surface area contributed by atoms with E-state index in [-0.39, 0.29) is 12.0 Å². The molecule has 3 rings (SSSR count). The molecule has 1 aromatic carbocycles. The highest BCUT2D eigenvalue weighted by Gasteiger charge is 2.28. The number of nitrogens with zero attached hydrogens (tertiary/aromatic N) is 3. The van der Waals surface area contributed by atoms with E-state index < -0.39 is 0 Å². The summed E-state index contributed by atoms with van der Waals surface area (Å²) >= 11 is 0. The molecule has 0 bridgehead atoms. The van der Waals surface area contributed by atoms with Gasteiger partial charge in [-0.3, -0.25) is 4.79 Å². The van der Waals surface area contributed by atoms with Crippen LogP contribution in [0.3, 0.4) is 0 Å². The van der Waals surface area contributed by atoms with Gasteiger partial charge in [-0.2, -0.15) is 0 Å². The Bertz CT molecular complexity index is 673. The number of rotatable bonds is 3. The van der Waals surface area contributed by atoms with Crippen LogP contribution < -0.4 is 4.74 Å². The molecule has 22 heavy (non-hydrogen) atoms. The number of carbonyl (C=O) groups is 1. The Labute approximate surface area is 130 Å². The van der Waals surface area contributed by atoms with Crippen LogP contribution in [0.4, 0.5) is 0 Å².